The van der Waals surface area contributed by atoms with Gasteiger partial charge in [0.1, 0.15) is 0 Å². The normalized spacial score (nSPS) is 11.5. The Morgan fingerprint density at radius 3 is 2.88 bits per heavy atom. The number of nitrogen functional groups attached to an aromatic ring is 1. The van der Waals surface area contributed by atoms with Crippen molar-refractivity contribution in [2.24, 2.45) is 0 Å². The first kappa shape index (κ1) is 15.7. The maximum absolute atomic E-state index is 5.84. The van der Waals surface area contributed by atoms with Crippen LogP contribution < -0.4 is 5.73 Å². The summed E-state index contributed by atoms with van der Waals surface area (Å²) in [4.78, 5) is 13.4. The van der Waals surface area contributed by atoms with E-state index >= 15 is 0 Å². The fourth-order valence-electron chi connectivity index (χ4n) is 2.72. The number of nitrogens with zero attached hydrogens (tertiary/aromatic N) is 5. The lowest BCUT2D eigenvalue weighted by Crippen LogP contribution is -2.04. The van der Waals surface area contributed by atoms with Crippen molar-refractivity contribution in [1.29, 1.82) is 0 Å². The van der Waals surface area contributed by atoms with Crippen molar-refractivity contribution in [3.05, 3.63) is 53.4 Å². The van der Waals surface area contributed by atoms with Crippen LogP contribution in [0.2, 0.25) is 0 Å². The minimum Gasteiger partial charge on any atom is -0.368 e. The zero-order valence-corrected chi connectivity index (χ0v) is 14.9. The summed E-state index contributed by atoms with van der Waals surface area (Å²) < 4.78 is 2.90. The molecule has 2 N–H and O–H groups in total. The van der Waals surface area contributed by atoms with Gasteiger partial charge in [0, 0.05) is 17.5 Å². The van der Waals surface area contributed by atoms with Crippen molar-refractivity contribution >= 4 is 27.5 Å². The van der Waals surface area contributed by atoms with Gasteiger partial charge >= 0.3 is 0 Å². The number of hydrogen-bond donors (Lipinski definition) is 1. The molecule has 0 radical (unpaired) electrons. The standard InChI is InChI=1S/C18H18N6S/c1-11(2)14-5-3-4-13(21-14)10-24-9-12(8-20-24)16-17-15(6-7-25-17)22-18(19)23-16/h3-9,11H,10H2,1-2H3,(H2,19,22,23). The fraction of sp³-hybridized carbons (Fsp3) is 0.222. The van der Waals surface area contributed by atoms with Crippen LogP contribution in [0.1, 0.15) is 31.2 Å². The Hall–Kier alpha value is -2.80. The number of pyridine rings is 1. The van der Waals surface area contributed by atoms with Crippen molar-refractivity contribution in [2.45, 2.75) is 26.3 Å². The SMILES string of the molecule is CC(C)c1cccc(Cn2cc(-c3nc(N)nc4ccsc34)cn2)n1. The van der Waals surface area contributed by atoms with Gasteiger partial charge in [-0.05, 0) is 29.5 Å². The van der Waals surface area contributed by atoms with Gasteiger partial charge in [0.25, 0.3) is 0 Å². The van der Waals surface area contributed by atoms with E-state index in [-0.39, 0.29) is 5.95 Å². The highest BCUT2D eigenvalue weighted by Crippen LogP contribution is 2.30. The quantitative estimate of drug-likeness (QED) is 0.607. The average molecular weight is 350 g/mol. The molecule has 0 spiro atoms. The second-order valence-electron chi connectivity index (χ2n) is 6.20. The van der Waals surface area contributed by atoms with Crippen LogP contribution in [0.25, 0.3) is 21.5 Å². The van der Waals surface area contributed by atoms with Gasteiger partial charge in [0.2, 0.25) is 5.95 Å². The summed E-state index contributed by atoms with van der Waals surface area (Å²) in [5, 5.41) is 6.46. The molecule has 0 aliphatic heterocycles. The summed E-state index contributed by atoms with van der Waals surface area (Å²) in [5.74, 6) is 0.684. The molecule has 0 saturated heterocycles. The van der Waals surface area contributed by atoms with Crippen LogP contribution in [0, 0.1) is 0 Å². The first-order chi connectivity index (χ1) is 12.1. The van der Waals surface area contributed by atoms with Gasteiger partial charge in [-0.3, -0.25) is 9.67 Å². The van der Waals surface area contributed by atoms with E-state index in [1.165, 1.54) is 0 Å². The van der Waals surface area contributed by atoms with Crippen molar-refractivity contribution in [3.8, 4) is 11.3 Å². The van der Waals surface area contributed by atoms with Crippen LogP contribution in [0.3, 0.4) is 0 Å². The average Bonchev–Trinajstić information content (AvgIpc) is 3.23. The fourth-order valence-corrected chi connectivity index (χ4v) is 3.57. The van der Waals surface area contributed by atoms with Crippen LogP contribution in [-0.2, 0) is 6.54 Å². The summed E-state index contributed by atoms with van der Waals surface area (Å²) in [6, 6.07) is 8.07. The molecule has 7 heteroatoms. The van der Waals surface area contributed by atoms with E-state index in [2.05, 4.69) is 35.0 Å². The van der Waals surface area contributed by atoms with Crippen molar-refractivity contribution in [1.82, 2.24) is 24.7 Å². The van der Waals surface area contributed by atoms with E-state index < -0.39 is 0 Å². The van der Waals surface area contributed by atoms with Crippen molar-refractivity contribution in [2.75, 3.05) is 5.73 Å². The minimum absolute atomic E-state index is 0.278. The molecule has 0 unspecified atom stereocenters. The Morgan fingerprint density at radius 1 is 1.16 bits per heavy atom. The molecule has 0 atom stereocenters. The molecular formula is C18H18N6S. The number of hydrogen-bond acceptors (Lipinski definition) is 6. The van der Waals surface area contributed by atoms with E-state index in [9.17, 15) is 0 Å². The highest BCUT2D eigenvalue weighted by molar-refractivity contribution is 7.17. The third-order valence-corrected chi connectivity index (χ3v) is 4.88. The number of anilines is 1. The third kappa shape index (κ3) is 3.10. The van der Waals surface area contributed by atoms with E-state index in [1.54, 1.807) is 11.3 Å². The third-order valence-electron chi connectivity index (χ3n) is 3.97. The van der Waals surface area contributed by atoms with Crippen LogP contribution >= 0.6 is 11.3 Å². The maximum Gasteiger partial charge on any atom is 0.221 e. The molecule has 0 saturated carbocycles. The molecule has 0 aliphatic rings. The smallest absolute Gasteiger partial charge is 0.221 e. The van der Waals surface area contributed by atoms with E-state index in [0.29, 0.717) is 12.5 Å². The Bertz CT molecular complexity index is 1030. The largest absolute Gasteiger partial charge is 0.368 e. The second-order valence-corrected chi connectivity index (χ2v) is 7.12. The molecule has 0 amide bonds. The molecule has 4 aromatic heterocycles. The number of rotatable bonds is 4. The Balaban J connectivity index is 1.66. The van der Waals surface area contributed by atoms with Crippen LogP contribution in [0.4, 0.5) is 5.95 Å². The van der Waals surface area contributed by atoms with Gasteiger partial charge in [-0.25, -0.2) is 9.97 Å². The van der Waals surface area contributed by atoms with E-state index in [0.717, 1.165) is 32.9 Å². The molecule has 4 aromatic rings. The van der Waals surface area contributed by atoms with Crippen LogP contribution in [0.15, 0.2) is 42.0 Å². The lowest BCUT2D eigenvalue weighted by atomic mass is 10.1. The Labute approximate surface area is 149 Å². The summed E-state index contributed by atoms with van der Waals surface area (Å²) in [5.41, 5.74) is 10.5. The predicted octanol–water partition coefficient (Wildman–Crippen LogP) is 3.70. The van der Waals surface area contributed by atoms with Gasteiger partial charge in [-0.2, -0.15) is 5.10 Å². The first-order valence-corrected chi connectivity index (χ1v) is 8.97. The van der Waals surface area contributed by atoms with Crippen molar-refractivity contribution < 1.29 is 0 Å². The zero-order valence-electron chi connectivity index (χ0n) is 14.0. The molecule has 0 aromatic carbocycles. The number of thiophene rings is 1. The molecule has 0 aliphatic carbocycles. The lowest BCUT2D eigenvalue weighted by Gasteiger charge is -2.07. The van der Waals surface area contributed by atoms with Gasteiger partial charge in [-0.1, -0.05) is 19.9 Å². The predicted molar refractivity (Wildman–Crippen MR) is 100 cm³/mol. The topological polar surface area (TPSA) is 82.5 Å². The molecule has 0 fully saturated rings. The first-order valence-electron chi connectivity index (χ1n) is 8.09. The highest BCUT2D eigenvalue weighted by atomic mass is 32.1. The van der Waals surface area contributed by atoms with E-state index in [4.69, 9.17) is 10.7 Å². The molecule has 126 valence electrons. The van der Waals surface area contributed by atoms with Crippen LogP contribution in [0.5, 0.6) is 0 Å². The number of aromatic nitrogens is 5. The Kier molecular flexibility index (Phi) is 3.93. The monoisotopic (exact) mass is 350 g/mol. The van der Waals surface area contributed by atoms with Gasteiger partial charge in [-0.15, -0.1) is 11.3 Å². The van der Waals surface area contributed by atoms with Crippen LogP contribution in [-0.4, -0.2) is 24.7 Å². The second kappa shape index (κ2) is 6.25. The lowest BCUT2D eigenvalue weighted by molar-refractivity contribution is 0.665. The molecular weight excluding hydrogens is 332 g/mol. The molecule has 6 nitrogen and oxygen atoms in total. The molecule has 0 bridgehead atoms. The zero-order chi connectivity index (χ0) is 17.4. The summed E-state index contributed by atoms with van der Waals surface area (Å²) in [6.45, 7) is 4.91. The number of fused-ring (bicyclic) bond motifs is 1. The summed E-state index contributed by atoms with van der Waals surface area (Å²) >= 11 is 1.61. The summed E-state index contributed by atoms with van der Waals surface area (Å²) in [6.07, 6.45) is 3.79. The minimum atomic E-state index is 0.278. The van der Waals surface area contributed by atoms with Gasteiger partial charge < -0.3 is 5.73 Å². The number of nitrogens with two attached hydrogens (primary N) is 1. The Morgan fingerprint density at radius 2 is 2.04 bits per heavy atom. The molecule has 4 rings (SSSR count). The van der Waals surface area contributed by atoms with E-state index in [1.807, 2.05) is 40.7 Å². The van der Waals surface area contributed by atoms with Crippen molar-refractivity contribution in [3.63, 3.8) is 0 Å². The van der Waals surface area contributed by atoms with Gasteiger partial charge in [0.15, 0.2) is 0 Å². The summed E-state index contributed by atoms with van der Waals surface area (Å²) in [7, 11) is 0. The maximum atomic E-state index is 5.84. The molecule has 25 heavy (non-hydrogen) atoms. The van der Waals surface area contributed by atoms with Gasteiger partial charge in [0.05, 0.1) is 34.3 Å². The highest BCUT2D eigenvalue weighted by Gasteiger charge is 2.12. The molecule has 4 heterocycles.